The topological polar surface area (TPSA) is 62.5 Å². The van der Waals surface area contributed by atoms with Crippen LogP contribution in [0.15, 0.2) is 146 Å². The minimum atomic E-state index is -0.535. The molecule has 2 aliphatic rings. The quantitative estimate of drug-likeness (QED) is 0.181. The summed E-state index contributed by atoms with van der Waals surface area (Å²) in [5.41, 5.74) is 12.9. The molecule has 4 heteroatoms. The molecule has 4 nitrogen and oxygen atoms in total. The molecule has 0 spiro atoms. The first-order chi connectivity index (χ1) is 25.7. The van der Waals surface area contributed by atoms with E-state index in [1.54, 1.807) is 0 Å². The summed E-state index contributed by atoms with van der Waals surface area (Å²) >= 11 is 0. The lowest BCUT2D eigenvalue weighted by atomic mass is 9.63. The molecular weight excluding hydrogens is 645 g/mol. The second-order valence-corrected chi connectivity index (χ2v) is 15.8. The van der Waals surface area contributed by atoms with Gasteiger partial charge in [0, 0.05) is 16.7 Å². The zero-order valence-corrected chi connectivity index (χ0v) is 30.6. The molecule has 0 amide bonds. The van der Waals surface area contributed by atoms with E-state index in [1.165, 1.54) is 38.9 Å². The van der Waals surface area contributed by atoms with Gasteiger partial charge >= 0.3 is 0 Å². The maximum Gasteiger partial charge on any atom is 0.164 e. The van der Waals surface area contributed by atoms with E-state index in [2.05, 4.69) is 155 Å². The van der Waals surface area contributed by atoms with Crippen LogP contribution in [0.5, 0.6) is 0 Å². The molecule has 6 aromatic carbocycles. The van der Waals surface area contributed by atoms with Gasteiger partial charge in [0.1, 0.15) is 0 Å². The summed E-state index contributed by atoms with van der Waals surface area (Å²) in [7, 11) is 0. The predicted octanol–water partition coefficient (Wildman–Crippen LogP) is 11.5. The average molecular weight is 685 g/mol. The Hall–Kier alpha value is -6.18. The summed E-state index contributed by atoms with van der Waals surface area (Å²) in [5, 5.41) is 9.55. The molecule has 0 saturated carbocycles. The van der Waals surface area contributed by atoms with Crippen LogP contribution in [0.25, 0.3) is 45.3 Å². The van der Waals surface area contributed by atoms with Crippen molar-refractivity contribution in [2.24, 2.45) is 0 Å². The molecule has 7 aromatic rings. The van der Waals surface area contributed by atoms with Gasteiger partial charge in [-0.3, -0.25) is 0 Å². The van der Waals surface area contributed by atoms with Crippen molar-refractivity contribution in [1.82, 2.24) is 15.0 Å². The number of nitrogens with zero attached hydrogens (tertiary/aromatic N) is 4. The van der Waals surface area contributed by atoms with Crippen molar-refractivity contribution in [2.75, 3.05) is 0 Å². The Kier molecular flexibility index (Phi) is 7.54. The van der Waals surface area contributed by atoms with Crippen molar-refractivity contribution in [3.8, 4) is 51.4 Å². The fraction of sp³-hybridized carbons (Fsp3) is 0.184. The smallest absolute Gasteiger partial charge is 0.164 e. The normalized spacial score (nSPS) is 15.8. The first kappa shape index (κ1) is 32.7. The van der Waals surface area contributed by atoms with Crippen molar-refractivity contribution < 1.29 is 0 Å². The van der Waals surface area contributed by atoms with Crippen molar-refractivity contribution in [3.05, 3.63) is 185 Å². The number of hydrogen-bond donors (Lipinski definition) is 0. The molecule has 0 bridgehead atoms. The summed E-state index contributed by atoms with van der Waals surface area (Å²) in [5.74, 6) is 1.83. The first-order valence-corrected chi connectivity index (χ1v) is 18.5. The molecule has 0 unspecified atom stereocenters. The van der Waals surface area contributed by atoms with E-state index in [9.17, 15) is 5.26 Å². The summed E-state index contributed by atoms with van der Waals surface area (Å²) in [6, 6.07) is 53.6. The van der Waals surface area contributed by atoms with Crippen LogP contribution >= 0.6 is 0 Å². The van der Waals surface area contributed by atoms with E-state index in [-0.39, 0.29) is 10.8 Å². The molecule has 2 aliphatic carbocycles. The SMILES string of the molecule is CC1(C)CCC(C)(C)c2cc(-c3nc(-c4ccc(C#N)cc4)nc(-c4cccc5c4-c4ccccc4C5(c4ccccc4)c4ccccc4)n3)ccc21. The third kappa shape index (κ3) is 5.14. The van der Waals surface area contributed by atoms with Gasteiger partial charge in [-0.1, -0.05) is 143 Å². The molecule has 1 aromatic heterocycles. The Bertz CT molecular complexity index is 2520. The van der Waals surface area contributed by atoms with Crippen molar-refractivity contribution in [2.45, 2.75) is 56.8 Å². The molecule has 0 saturated heterocycles. The lowest BCUT2D eigenvalue weighted by Crippen LogP contribution is -2.33. The summed E-state index contributed by atoms with van der Waals surface area (Å²) < 4.78 is 0. The van der Waals surface area contributed by atoms with Crippen LogP contribution in [0, 0.1) is 11.3 Å². The molecule has 9 rings (SSSR count). The number of rotatable bonds is 5. The van der Waals surface area contributed by atoms with Gasteiger partial charge in [0.25, 0.3) is 0 Å². The van der Waals surface area contributed by atoms with Crippen LogP contribution in [0.3, 0.4) is 0 Å². The van der Waals surface area contributed by atoms with Gasteiger partial charge in [-0.05, 0) is 98.5 Å². The van der Waals surface area contributed by atoms with Crippen LogP contribution in [0.1, 0.15) is 79.5 Å². The maximum atomic E-state index is 9.55. The molecule has 0 fully saturated rings. The highest BCUT2D eigenvalue weighted by Gasteiger charge is 2.47. The lowest BCUT2D eigenvalue weighted by molar-refractivity contribution is 0.332. The fourth-order valence-corrected chi connectivity index (χ4v) is 8.86. The summed E-state index contributed by atoms with van der Waals surface area (Å²) in [6.07, 6.45) is 2.27. The van der Waals surface area contributed by atoms with E-state index in [4.69, 9.17) is 15.0 Å². The number of benzene rings is 6. The van der Waals surface area contributed by atoms with Crippen molar-refractivity contribution in [3.63, 3.8) is 0 Å². The molecular formula is C49H40N4. The second kappa shape index (κ2) is 12.2. The Labute approximate surface area is 311 Å². The number of nitriles is 1. The summed E-state index contributed by atoms with van der Waals surface area (Å²) in [6.45, 7) is 9.40. The second-order valence-electron chi connectivity index (χ2n) is 15.8. The van der Waals surface area contributed by atoms with Gasteiger partial charge in [-0.15, -0.1) is 0 Å². The average Bonchev–Trinajstić information content (AvgIpc) is 3.51. The lowest BCUT2D eigenvalue weighted by Gasteiger charge is -2.42. The van der Waals surface area contributed by atoms with Gasteiger partial charge in [-0.2, -0.15) is 5.26 Å². The van der Waals surface area contributed by atoms with Crippen LogP contribution in [-0.4, -0.2) is 15.0 Å². The zero-order valence-electron chi connectivity index (χ0n) is 30.6. The predicted molar refractivity (Wildman–Crippen MR) is 213 cm³/mol. The highest BCUT2D eigenvalue weighted by atomic mass is 15.0. The van der Waals surface area contributed by atoms with Gasteiger partial charge in [0.2, 0.25) is 0 Å². The highest BCUT2D eigenvalue weighted by molar-refractivity contribution is 5.94. The van der Waals surface area contributed by atoms with Gasteiger partial charge < -0.3 is 0 Å². The minimum absolute atomic E-state index is 0.0366. The molecule has 1 heterocycles. The van der Waals surface area contributed by atoms with Crippen LogP contribution in [0.4, 0.5) is 0 Å². The third-order valence-electron chi connectivity index (χ3n) is 11.7. The molecule has 0 radical (unpaired) electrons. The Balaban J connectivity index is 1.32. The molecule has 0 atom stereocenters. The largest absolute Gasteiger partial charge is 0.208 e. The van der Waals surface area contributed by atoms with E-state index in [0.717, 1.165) is 35.1 Å². The number of fused-ring (bicyclic) bond motifs is 4. The Morgan fingerprint density at radius 2 is 1.00 bits per heavy atom. The first-order valence-electron chi connectivity index (χ1n) is 18.5. The van der Waals surface area contributed by atoms with Crippen LogP contribution < -0.4 is 0 Å². The van der Waals surface area contributed by atoms with Gasteiger partial charge in [0.15, 0.2) is 17.5 Å². The molecule has 256 valence electrons. The fourth-order valence-electron chi connectivity index (χ4n) is 8.86. The van der Waals surface area contributed by atoms with Crippen LogP contribution in [0.2, 0.25) is 0 Å². The van der Waals surface area contributed by atoms with E-state index in [1.807, 2.05) is 24.3 Å². The van der Waals surface area contributed by atoms with Gasteiger partial charge in [-0.25, -0.2) is 15.0 Å². The molecule has 0 aliphatic heterocycles. The van der Waals surface area contributed by atoms with E-state index in [0.29, 0.717) is 23.0 Å². The van der Waals surface area contributed by atoms with E-state index < -0.39 is 5.41 Å². The molecule has 0 N–H and O–H groups in total. The zero-order chi connectivity index (χ0) is 36.4. The highest BCUT2D eigenvalue weighted by Crippen LogP contribution is 2.58. The standard InChI is InChI=1S/C49H40N4/c1-47(2)28-29-48(3,4)42-30-34(26-27-40(42)47)45-51-44(33-24-22-32(31-50)23-25-33)52-46(53-45)38-19-13-21-41-43(38)37-18-11-12-20-39(37)49(41,35-14-7-5-8-15-35)36-16-9-6-10-17-36/h5-27,30H,28-29H2,1-4H3. The maximum absolute atomic E-state index is 9.55. The number of aromatic nitrogens is 3. The van der Waals surface area contributed by atoms with Gasteiger partial charge in [0.05, 0.1) is 17.0 Å². The number of hydrogen-bond acceptors (Lipinski definition) is 4. The van der Waals surface area contributed by atoms with Crippen molar-refractivity contribution >= 4 is 0 Å². The monoisotopic (exact) mass is 684 g/mol. The van der Waals surface area contributed by atoms with Crippen LogP contribution in [-0.2, 0) is 16.2 Å². The minimum Gasteiger partial charge on any atom is -0.208 e. The third-order valence-corrected chi connectivity index (χ3v) is 11.7. The van der Waals surface area contributed by atoms with Crippen molar-refractivity contribution in [1.29, 1.82) is 5.26 Å². The Morgan fingerprint density at radius 1 is 0.472 bits per heavy atom. The molecule has 53 heavy (non-hydrogen) atoms. The summed E-state index contributed by atoms with van der Waals surface area (Å²) in [4.78, 5) is 15.7. The van der Waals surface area contributed by atoms with E-state index >= 15 is 0 Å². The Morgan fingerprint density at radius 3 is 1.66 bits per heavy atom.